The molecule has 2 amide bonds. The molecular formula is C22H26N2O2. The Morgan fingerprint density at radius 1 is 1.04 bits per heavy atom. The van der Waals surface area contributed by atoms with Crippen LogP contribution in [0.3, 0.4) is 0 Å². The Hall–Kier alpha value is -2.62. The zero-order valence-corrected chi connectivity index (χ0v) is 15.3. The summed E-state index contributed by atoms with van der Waals surface area (Å²) in [4.78, 5) is 27.6. The first-order valence-corrected chi connectivity index (χ1v) is 9.34. The highest BCUT2D eigenvalue weighted by Crippen LogP contribution is 2.27. The molecule has 2 aromatic rings. The summed E-state index contributed by atoms with van der Waals surface area (Å²) in [5.74, 6) is -0.00118. The van der Waals surface area contributed by atoms with E-state index in [1.807, 2.05) is 66.4 Å². The largest absolute Gasteiger partial charge is 0.356 e. The average Bonchev–Trinajstić information content (AvgIpc) is 2.66. The van der Waals surface area contributed by atoms with Gasteiger partial charge in [0.1, 0.15) is 0 Å². The van der Waals surface area contributed by atoms with Gasteiger partial charge in [0.05, 0.1) is 12.5 Å². The Bertz CT molecular complexity index is 758. The fourth-order valence-corrected chi connectivity index (χ4v) is 3.49. The lowest BCUT2D eigenvalue weighted by molar-refractivity contribution is -0.122. The fourth-order valence-electron chi connectivity index (χ4n) is 3.49. The summed E-state index contributed by atoms with van der Waals surface area (Å²) in [6, 6.07) is 17.3. The lowest BCUT2D eigenvalue weighted by Gasteiger charge is -2.33. The predicted octanol–water partition coefficient (Wildman–Crippen LogP) is 3.87. The van der Waals surface area contributed by atoms with Crippen LogP contribution < -0.4 is 5.32 Å². The molecule has 136 valence electrons. The van der Waals surface area contributed by atoms with Crippen molar-refractivity contribution in [3.8, 4) is 0 Å². The molecule has 1 saturated heterocycles. The third-order valence-electron chi connectivity index (χ3n) is 4.86. The highest BCUT2D eigenvalue weighted by atomic mass is 16.2. The maximum absolute atomic E-state index is 13.3. The van der Waals surface area contributed by atoms with Crippen LogP contribution in [0.5, 0.6) is 0 Å². The Labute approximate surface area is 155 Å². The summed E-state index contributed by atoms with van der Waals surface area (Å²) in [7, 11) is 0. The maximum atomic E-state index is 13.3. The number of carbonyl (C=O) groups is 2. The molecule has 0 bridgehead atoms. The molecular weight excluding hydrogens is 324 g/mol. The molecule has 4 heteroatoms. The van der Waals surface area contributed by atoms with Crippen molar-refractivity contribution in [2.45, 2.75) is 38.6 Å². The van der Waals surface area contributed by atoms with E-state index in [0.29, 0.717) is 25.1 Å². The molecule has 0 aliphatic carbocycles. The minimum Gasteiger partial charge on any atom is -0.356 e. The van der Waals surface area contributed by atoms with E-state index in [1.165, 1.54) is 0 Å². The second kappa shape index (κ2) is 8.65. The lowest BCUT2D eigenvalue weighted by atomic mass is 9.98. The van der Waals surface area contributed by atoms with Crippen LogP contribution in [0.2, 0.25) is 0 Å². The minimum atomic E-state index is -0.248. The maximum Gasteiger partial charge on any atom is 0.254 e. The first-order valence-electron chi connectivity index (χ1n) is 9.34. The van der Waals surface area contributed by atoms with E-state index in [-0.39, 0.29) is 17.9 Å². The van der Waals surface area contributed by atoms with Crippen molar-refractivity contribution in [3.05, 3.63) is 71.3 Å². The second-order valence-corrected chi connectivity index (χ2v) is 6.91. The summed E-state index contributed by atoms with van der Waals surface area (Å²) < 4.78 is 0. The van der Waals surface area contributed by atoms with E-state index in [9.17, 15) is 9.59 Å². The van der Waals surface area contributed by atoms with Gasteiger partial charge in [-0.2, -0.15) is 0 Å². The molecule has 4 nitrogen and oxygen atoms in total. The van der Waals surface area contributed by atoms with E-state index in [0.717, 1.165) is 30.4 Å². The number of amides is 2. The van der Waals surface area contributed by atoms with Gasteiger partial charge in [-0.1, -0.05) is 48.0 Å². The van der Waals surface area contributed by atoms with Crippen molar-refractivity contribution < 1.29 is 9.59 Å². The molecule has 1 aliphatic rings. The van der Waals surface area contributed by atoms with Crippen LogP contribution in [-0.4, -0.2) is 29.8 Å². The van der Waals surface area contributed by atoms with Crippen LogP contribution >= 0.6 is 0 Å². The van der Waals surface area contributed by atoms with Crippen molar-refractivity contribution in [1.29, 1.82) is 0 Å². The zero-order chi connectivity index (χ0) is 18.4. The van der Waals surface area contributed by atoms with E-state index < -0.39 is 0 Å². The number of rotatable bonds is 2. The number of aryl methyl sites for hydroxylation is 1. The number of benzene rings is 2. The first kappa shape index (κ1) is 18.2. The lowest BCUT2D eigenvalue weighted by Crippen LogP contribution is -2.39. The third-order valence-corrected chi connectivity index (χ3v) is 4.86. The molecule has 1 aliphatic heterocycles. The van der Waals surface area contributed by atoms with Crippen LogP contribution in [0.15, 0.2) is 54.6 Å². The van der Waals surface area contributed by atoms with E-state index in [4.69, 9.17) is 0 Å². The summed E-state index contributed by atoms with van der Waals surface area (Å²) in [6.07, 6.45) is 3.19. The van der Waals surface area contributed by atoms with Gasteiger partial charge in [-0.3, -0.25) is 9.59 Å². The van der Waals surface area contributed by atoms with Gasteiger partial charge in [-0.05, 0) is 43.9 Å². The molecule has 3 rings (SSSR count). The van der Waals surface area contributed by atoms with Crippen LogP contribution in [0.1, 0.15) is 53.2 Å². The molecule has 2 aromatic carbocycles. The van der Waals surface area contributed by atoms with Crippen LogP contribution in [0.25, 0.3) is 0 Å². The monoisotopic (exact) mass is 350 g/mol. The van der Waals surface area contributed by atoms with Crippen molar-refractivity contribution in [3.63, 3.8) is 0 Å². The van der Waals surface area contributed by atoms with Gasteiger partial charge in [-0.15, -0.1) is 0 Å². The Kier molecular flexibility index (Phi) is 6.05. The summed E-state index contributed by atoms with van der Waals surface area (Å²) in [5.41, 5.74) is 2.75. The molecule has 1 atom stereocenters. The molecule has 1 N–H and O–H groups in total. The molecule has 0 aromatic heterocycles. The van der Waals surface area contributed by atoms with Crippen molar-refractivity contribution in [2.24, 2.45) is 0 Å². The first-order chi connectivity index (χ1) is 12.6. The Balaban J connectivity index is 1.96. The van der Waals surface area contributed by atoms with Crippen molar-refractivity contribution >= 4 is 11.8 Å². The number of hydrogen-bond donors (Lipinski definition) is 1. The quantitative estimate of drug-likeness (QED) is 0.894. The van der Waals surface area contributed by atoms with Crippen molar-refractivity contribution in [2.75, 3.05) is 13.1 Å². The summed E-state index contributed by atoms with van der Waals surface area (Å²) in [6.45, 7) is 3.37. The average molecular weight is 350 g/mol. The SMILES string of the molecule is Cc1cccc(C(=O)N2CCCCCNC(=O)CC2c2ccccc2)c1. The van der Waals surface area contributed by atoms with Gasteiger partial charge in [0.2, 0.25) is 5.91 Å². The third kappa shape index (κ3) is 4.51. The Morgan fingerprint density at radius 2 is 1.85 bits per heavy atom. The summed E-state index contributed by atoms with van der Waals surface area (Å²) in [5, 5.41) is 2.98. The fraction of sp³-hybridized carbons (Fsp3) is 0.364. The number of nitrogens with zero attached hydrogens (tertiary/aromatic N) is 1. The van der Waals surface area contributed by atoms with Gasteiger partial charge in [0.15, 0.2) is 0 Å². The molecule has 1 unspecified atom stereocenters. The van der Waals surface area contributed by atoms with Crippen LogP contribution in [0, 0.1) is 6.92 Å². The number of hydrogen-bond acceptors (Lipinski definition) is 2. The van der Waals surface area contributed by atoms with Gasteiger partial charge in [0.25, 0.3) is 5.91 Å². The molecule has 0 radical (unpaired) electrons. The van der Waals surface area contributed by atoms with Gasteiger partial charge >= 0.3 is 0 Å². The van der Waals surface area contributed by atoms with E-state index in [1.54, 1.807) is 0 Å². The molecule has 26 heavy (non-hydrogen) atoms. The van der Waals surface area contributed by atoms with Crippen molar-refractivity contribution in [1.82, 2.24) is 10.2 Å². The highest BCUT2D eigenvalue weighted by Gasteiger charge is 2.28. The minimum absolute atomic E-state index is 0.00259. The normalized spacial score (nSPS) is 18.9. The zero-order valence-electron chi connectivity index (χ0n) is 15.3. The van der Waals surface area contributed by atoms with Gasteiger partial charge in [-0.25, -0.2) is 0 Å². The topological polar surface area (TPSA) is 49.4 Å². The molecule has 1 fully saturated rings. The number of nitrogens with one attached hydrogen (secondary N) is 1. The van der Waals surface area contributed by atoms with Crippen LogP contribution in [0.4, 0.5) is 0 Å². The van der Waals surface area contributed by atoms with Gasteiger partial charge < -0.3 is 10.2 Å². The summed E-state index contributed by atoms with van der Waals surface area (Å²) >= 11 is 0. The van der Waals surface area contributed by atoms with Crippen LogP contribution in [-0.2, 0) is 4.79 Å². The Morgan fingerprint density at radius 3 is 2.62 bits per heavy atom. The highest BCUT2D eigenvalue weighted by molar-refractivity contribution is 5.95. The predicted molar refractivity (Wildman–Crippen MR) is 103 cm³/mol. The van der Waals surface area contributed by atoms with Gasteiger partial charge in [0, 0.05) is 18.7 Å². The van der Waals surface area contributed by atoms with E-state index >= 15 is 0 Å². The standard InChI is InChI=1S/C22H26N2O2/c1-17-9-8-12-19(15-17)22(26)24-14-7-3-6-13-23-21(25)16-20(24)18-10-4-2-5-11-18/h2,4-5,8-12,15,20H,3,6-7,13-14,16H2,1H3,(H,23,25). The molecule has 0 saturated carbocycles. The van der Waals surface area contributed by atoms with E-state index in [2.05, 4.69) is 5.32 Å². The molecule has 1 heterocycles. The smallest absolute Gasteiger partial charge is 0.254 e. The second-order valence-electron chi connectivity index (χ2n) is 6.91. The number of carbonyl (C=O) groups excluding carboxylic acids is 2. The molecule has 0 spiro atoms.